The van der Waals surface area contributed by atoms with E-state index in [1.54, 1.807) is 0 Å². The first-order valence-electron chi connectivity index (χ1n) is 20.5. The molecule has 0 aliphatic carbocycles. The van der Waals surface area contributed by atoms with Gasteiger partial charge in [-0.25, -0.2) is 0 Å². The van der Waals surface area contributed by atoms with Crippen LogP contribution in [0.5, 0.6) is 0 Å². The predicted octanol–water partition coefficient (Wildman–Crippen LogP) is 10.3. The maximum atomic E-state index is 12.8. The second kappa shape index (κ2) is 34.2. The highest BCUT2D eigenvalue weighted by molar-refractivity contribution is 7.45. The molecule has 0 aromatic carbocycles. The fourth-order valence-corrected chi connectivity index (χ4v) is 6.28. The number of allylic oxidation sites excluding steroid dienone is 8. The SMILES string of the molecule is CC/C=C\C/C=C\C/C=C\C/C=C\CCCCCCCCC(=O)NC(COP(=O)([O-])OCC[N+](C)(C)C)C(O)CCCCCCCCCCCC. The van der Waals surface area contributed by atoms with Crippen molar-refractivity contribution in [1.29, 1.82) is 0 Å². The van der Waals surface area contributed by atoms with Crippen molar-refractivity contribution in [2.45, 2.75) is 174 Å². The molecular formula is C42H79N2O6P. The molecule has 8 nitrogen and oxygen atoms in total. The third kappa shape index (κ3) is 36.6. The van der Waals surface area contributed by atoms with Crippen molar-refractivity contribution < 1.29 is 32.9 Å². The maximum Gasteiger partial charge on any atom is 0.268 e. The van der Waals surface area contributed by atoms with Crippen molar-refractivity contribution in [3.63, 3.8) is 0 Å². The fraction of sp³-hybridized carbons (Fsp3) is 0.786. The van der Waals surface area contributed by atoms with E-state index in [1.165, 1.54) is 57.8 Å². The number of nitrogens with one attached hydrogen (secondary N) is 1. The highest BCUT2D eigenvalue weighted by Gasteiger charge is 2.24. The van der Waals surface area contributed by atoms with Crippen LogP contribution >= 0.6 is 7.82 Å². The number of rotatable bonds is 36. The van der Waals surface area contributed by atoms with Gasteiger partial charge in [0, 0.05) is 6.42 Å². The minimum absolute atomic E-state index is 0.00684. The summed E-state index contributed by atoms with van der Waals surface area (Å²) in [4.78, 5) is 25.2. The van der Waals surface area contributed by atoms with Crippen LogP contribution in [0.3, 0.4) is 0 Å². The van der Waals surface area contributed by atoms with E-state index in [4.69, 9.17) is 9.05 Å². The van der Waals surface area contributed by atoms with E-state index in [9.17, 15) is 19.4 Å². The van der Waals surface area contributed by atoms with Crippen LogP contribution in [0.1, 0.15) is 162 Å². The van der Waals surface area contributed by atoms with Gasteiger partial charge in [0.25, 0.3) is 7.82 Å². The molecule has 0 radical (unpaired) electrons. The lowest BCUT2D eigenvalue weighted by molar-refractivity contribution is -0.870. The lowest BCUT2D eigenvalue weighted by Gasteiger charge is -2.30. The molecule has 0 spiro atoms. The van der Waals surface area contributed by atoms with E-state index in [0.29, 0.717) is 23.9 Å². The van der Waals surface area contributed by atoms with Gasteiger partial charge in [0.2, 0.25) is 5.91 Å². The number of hydrogen-bond donors (Lipinski definition) is 2. The van der Waals surface area contributed by atoms with Gasteiger partial charge in [-0.15, -0.1) is 0 Å². The average Bonchev–Trinajstić information content (AvgIpc) is 3.07. The van der Waals surface area contributed by atoms with Gasteiger partial charge in [0.1, 0.15) is 13.2 Å². The zero-order chi connectivity index (χ0) is 37.9. The second-order valence-electron chi connectivity index (χ2n) is 15.0. The molecule has 0 bridgehead atoms. The highest BCUT2D eigenvalue weighted by atomic mass is 31.2. The Morgan fingerprint density at radius 1 is 0.706 bits per heavy atom. The molecule has 0 saturated carbocycles. The van der Waals surface area contributed by atoms with Crippen molar-refractivity contribution >= 4 is 13.7 Å². The van der Waals surface area contributed by atoms with Crippen LogP contribution in [-0.2, 0) is 18.4 Å². The molecule has 298 valence electrons. The molecule has 51 heavy (non-hydrogen) atoms. The van der Waals surface area contributed by atoms with Crippen LogP contribution in [-0.4, -0.2) is 68.5 Å². The predicted molar refractivity (Wildman–Crippen MR) is 214 cm³/mol. The summed E-state index contributed by atoms with van der Waals surface area (Å²) in [5.41, 5.74) is 0. The number of hydrogen-bond acceptors (Lipinski definition) is 6. The van der Waals surface area contributed by atoms with E-state index in [0.717, 1.165) is 77.0 Å². The first-order chi connectivity index (χ1) is 24.5. The number of phosphoric acid groups is 1. The quantitative estimate of drug-likeness (QED) is 0.0287. The lowest BCUT2D eigenvalue weighted by Crippen LogP contribution is -2.46. The molecule has 0 aliphatic rings. The normalized spacial score (nSPS) is 15.0. The van der Waals surface area contributed by atoms with Crippen molar-refractivity contribution in [2.24, 2.45) is 0 Å². The Bertz CT molecular complexity index is 975. The Hall–Kier alpha value is -1.54. The molecule has 0 heterocycles. The largest absolute Gasteiger partial charge is 0.756 e. The van der Waals surface area contributed by atoms with Crippen LogP contribution in [0.15, 0.2) is 48.6 Å². The summed E-state index contributed by atoms with van der Waals surface area (Å²) in [7, 11) is 1.28. The van der Waals surface area contributed by atoms with Gasteiger partial charge in [0.15, 0.2) is 0 Å². The zero-order valence-corrected chi connectivity index (χ0v) is 34.4. The third-order valence-corrected chi connectivity index (χ3v) is 9.80. The summed E-state index contributed by atoms with van der Waals surface area (Å²) >= 11 is 0. The molecule has 0 saturated heterocycles. The number of likely N-dealkylation sites (N-methyl/N-ethyl adjacent to an activating group) is 1. The van der Waals surface area contributed by atoms with Crippen LogP contribution in [0.25, 0.3) is 0 Å². The van der Waals surface area contributed by atoms with E-state index in [-0.39, 0.29) is 19.1 Å². The number of unbranched alkanes of at least 4 members (excludes halogenated alkanes) is 15. The van der Waals surface area contributed by atoms with Crippen LogP contribution in [0.4, 0.5) is 0 Å². The Balaban J connectivity index is 4.39. The topological polar surface area (TPSA) is 108 Å². The summed E-state index contributed by atoms with van der Waals surface area (Å²) in [6.07, 6.45) is 41.1. The molecular weight excluding hydrogens is 659 g/mol. The van der Waals surface area contributed by atoms with Gasteiger partial charge in [-0.2, -0.15) is 0 Å². The Morgan fingerprint density at radius 2 is 1.20 bits per heavy atom. The smallest absolute Gasteiger partial charge is 0.268 e. The molecule has 9 heteroatoms. The number of aliphatic hydroxyl groups excluding tert-OH is 1. The zero-order valence-electron chi connectivity index (χ0n) is 33.5. The Morgan fingerprint density at radius 3 is 1.75 bits per heavy atom. The molecule has 0 aromatic rings. The first kappa shape index (κ1) is 49.5. The molecule has 0 aliphatic heterocycles. The molecule has 3 atom stereocenters. The van der Waals surface area contributed by atoms with Gasteiger partial charge in [-0.05, 0) is 51.4 Å². The van der Waals surface area contributed by atoms with E-state index < -0.39 is 20.0 Å². The molecule has 0 aromatic heterocycles. The summed E-state index contributed by atoms with van der Waals surface area (Å²) in [6, 6.07) is -0.807. The third-order valence-electron chi connectivity index (χ3n) is 8.83. The monoisotopic (exact) mass is 739 g/mol. The van der Waals surface area contributed by atoms with Gasteiger partial charge in [-0.1, -0.05) is 152 Å². The molecule has 0 rings (SSSR count). The summed E-state index contributed by atoms with van der Waals surface area (Å²) in [5.74, 6) is -0.184. The number of carbonyl (C=O) groups is 1. The van der Waals surface area contributed by atoms with Gasteiger partial charge >= 0.3 is 0 Å². The second-order valence-corrected chi connectivity index (χ2v) is 16.4. The summed E-state index contributed by atoms with van der Waals surface area (Å²) < 4.78 is 23.2. The first-order valence-corrected chi connectivity index (χ1v) is 21.9. The average molecular weight is 739 g/mol. The van der Waals surface area contributed by atoms with E-state index in [2.05, 4.69) is 67.8 Å². The van der Waals surface area contributed by atoms with Crippen molar-refractivity contribution in [3.8, 4) is 0 Å². The number of phosphoric ester groups is 1. The van der Waals surface area contributed by atoms with E-state index >= 15 is 0 Å². The van der Waals surface area contributed by atoms with Crippen LogP contribution < -0.4 is 10.2 Å². The fourth-order valence-electron chi connectivity index (χ4n) is 5.56. The van der Waals surface area contributed by atoms with Crippen molar-refractivity contribution in [2.75, 3.05) is 40.9 Å². The number of carbonyl (C=O) groups excluding carboxylic acids is 1. The molecule has 0 fully saturated rings. The van der Waals surface area contributed by atoms with Gasteiger partial charge in [-0.3, -0.25) is 9.36 Å². The highest BCUT2D eigenvalue weighted by Crippen LogP contribution is 2.38. The minimum atomic E-state index is -4.56. The molecule has 2 N–H and O–H groups in total. The van der Waals surface area contributed by atoms with Crippen molar-refractivity contribution in [1.82, 2.24) is 5.32 Å². The van der Waals surface area contributed by atoms with Crippen LogP contribution in [0.2, 0.25) is 0 Å². The molecule has 3 unspecified atom stereocenters. The van der Waals surface area contributed by atoms with Crippen molar-refractivity contribution in [3.05, 3.63) is 48.6 Å². The lowest BCUT2D eigenvalue weighted by atomic mass is 10.0. The standard InChI is InChI=1S/C42H79N2O6P/c1-6-8-10-12-14-16-18-19-20-21-22-23-24-25-26-28-30-32-34-36-42(46)43-40(39-50-51(47,48)49-38-37-44(3,4)5)41(45)35-33-31-29-27-17-15-13-11-9-7-2/h8,10,14,16,19-20,22-23,40-41,45H,6-7,9,11-13,15,17-18,21,24-39H2,1-5H3,(H-,43,46,47,48)/b10-8-,16-14-,20-19-,23-22-. The van der Waals surface area contributed by atoms with E-state index in [1.807, 2.05) is 21.1 Å². The van der Waals surface area contributed by atoms with Gasteiger partial charge in [0.05, 0.1) is 39.9 Å². The summed E-state index contributed by atoms with van der Waals surface area (Å²) in [6.45, 7) is 4.55. The number of aliphatic hydroxyl groups is 1. The summed E-state index contributed by atoms with van der Waals surface area (Å²) in [5, 5.41) is 13.8. The van der Waals surface area contributed by atoms with Gasteiger partial charge < -0.3 is 28.8 Å². The number of amides is 1. The number of quaternary nitrogens is 1. The number of nitrogens with zero attached hydrogens (tertiary/aromatic N) is 1. The Labute approximate surface area is 314 Å². The molecule has 1 amide bonds. The van der Waals surface area contributed by atoms with Crippen LogP contribution in [0, 0.1) is 0 Å². The maximum absolute atomic E-state index is 12.8. The Kier molecular flexibility index (Phi) is 33.2. The minimum Gasteiger partial charge on any atom is -0.756 e.